The van der Waals surface area contributed by atoms with E-state index in [1.807, 2.05) is 29.2 Å². The number of hydrogen-bond donors (Lipinski definition) is 0. The van der Waals surface area contributed by atoms with E-state index in [0.717, 1.165) is 61.4 Å². The minimum absolute atomic E-state index is 0.124. The number of nitrogens with zero attached hydrogens (tertiary/aromatic N) is 2. The Morgan fingerprint density at radius 3 is 2.25 bits per heavy atom. The molecule has 0 saturated carbocycles. The van der Waals surface area contributed by atoms with E-state index in [9.17, 15) is 13.2 Å². The number of benzene rings is 2. The lowest BCUT2D eigenvalue weighted by Gasteiger charge is -2.30. The number of likely N-dealkylation sites (tertiary alicyclic amines) is 1. The molecule has 1 fully saturated rings. The summed E-state index contributed by atoms with van der Waals surface area (Å²) in [6, 6.07) is 12.9. The van der Waals surface area contributed by atoms with Gasteiger partial charge >= 0.3 is 0 Å². The monoisotopic (exact) mass is 398 g/mol. The Kier molecular flexibility index (Phi) is 5.25. The Bertz CT molecular complexity index is 977. The molecule has 0 aromatic heterocycles. The fraction of sp³-hybridized carbons (Fsp3) is 0.409. The van der Waals surface area contributed by atoms with E-state index in [2.05, 4.69) is 11.0 Å². The fourth-order valence-electron chi connectivity index (χ4n) is 4.09. The number of carbonyl (C=O) groups excluding carboxylic acids is 1. The van der Waals surface area contributed by atoms with Crippen LogP contribution in [0, 0.1) is 0 Å². The molecule has 28 heavy (non-hydrogen) atoms. The second kappa shape index (κ2) is 7.68. The molecule has 1 amide bonds. The van der Waals surface area contributed by atoms with Crippen molar-refractivity contribution in [3.05, 3.63) is 53.6 Å². The van der Waals surface area contributed by atoms with Gasteiger partial charge in [-0.3, -0.25) is 4.79 Å². The Labute approximate surface area is 166 Å². The standard InChI is InChI=1S/C22H26N2O3S/c1-28(26,27)20-7-4-17(5-8-20)18-6-9-21-19(16-18)10-13-24(22(21)25)15-14-23-11-2-3-12-23/h4-9,16H,2-3,10-15H2,1H3. The third-order valence-electron chi connectivity index (χ3n) is 5.77. The summed E-state index contributed by atoms with van der Waals surface area (Å²) in [6.45, 7) is 4.83. The molecule has 6 heteroatoms. The minimum Gasteiger partial charge on any atom is -0.337 e. The summed E-state index contributed by atoms with van der Waals surface area (Å²) in [6.07, 6.45) is 4.60. The van der Waals surface area contributed by atoms with Crippen LogP contribution in [0.15, 0.2) is 47.4 Å². The summed E-state index contributed by atoms with van der Waals surface area (Å²) in [7, 11) is -3.19. The van der Waals surface area contributed by atoms with Gasteiger partial charge in [0.2, 0.25) is 0 Å². The van der Waals surface area contributed by atoms with Crippen LogP contribution in [-0.2, 0) is 16.3 Å². The van der Waals surface area contributed by atoms with Gasteiger partial charge in [-0.2, -0.15) is 0 Å². The maximum absolute atomic E-state index is 12.9. The molecule has 0 N–H and O–H groups in total. The van der Waals surface area contributed by atoms with E-state index >= 15 is 0 Å². The van der Waals surface area contributed by atoms with Crippen molar-refractivity contribution in [2.45, 2.75) is 24.2 Å². The lowest BCUT2D eigenvalue weighted by molar-refractivity contribution is 0.0724. The molecule has 5 nitrogen and oxygen atoms in total. The van der Waals surface area contributed by atoms with Crippen molar-refractivity contribution in [1.82, 2.24) is 9.80 Å². The number of hydrogen-bond acceptors (Lipinski definition) is 4. The average molecular weight is 399 g/mol. The lowest BCUT2D eigenvalue weighted by atomic mass is 9.94. The molecule has 0 unspecified atom stereocenters. The Morgan fingerprint density at radius 2 is 1.57 bits per heavy atom. The van der Waals surface area contributed by atoms with Gasteiger partial charge in [-0.15, -0.1) is 0 Å². The van der Waals surface area contributed by atoms with E-state index in [1.165, 1.54) is 19.1 Å². The van der Waals surface area contributed by atoms with Crippen molar-refractivity contribution >= 4 is 15.7 Å². The highest BCUT2D eigenvalue weighted by Crippen LogP contribution is 2.27. The average Bonchev–Trinajstić information content (AvgIpc) is 3.20. The predicted octanol–water partition coefficient (Wildman–Crippen LogP) is 2.85. The summed E-state index contributed by atoms with van der Waals surface area (Å²) >= 11 is 0. The maximum Gasteiger partial charge on any atom is 0.254 e. The summed E-state index contributed by atoms with van der Waals surface area (Å²) in [5, 5.41) is 0. The van der Waals surface area contributed by atoms with Gasteiger partial charge in [-0.25, -0.2) is 8.42 Å². The van der Waals surface area contributed by atoms with Crippen LogP contribution in [0.2, 0.25) is 0 Å². The molecule has 0 bridgehead atoms. The normalized spacial score (nSPS) is 17.8. The minimum atomic E-state index is -3.19. The van der Waals surface area contributed by atoms with Gasteiger partial charge in [0.15, 0.2) is 9.84 Å². The SMILES string of the molecule is CS(=O)(=O)c1ccc(-c2ccc3c(c2)CCN(CCN2CCCC2)C3=O)cc1. The van der Waals surface area contributed by atoms with Crippen LogP contribution in [0.1, 0.15) is 28.8 Å². The molecule has 1 saturated heterocycles. The quantitative estimate of drug-likeness (QED) is 0.777. The first kappa shape index (κ1) is 19.2. The Morgan fingerprint density at radius 1 is 0.893 bits per heavy atom. The van der Waals surface area contributed by atoms with Crippen molar-refractivity contribution in [1.29, 1.82) is 0 Å². The van der Waals surface area contributed by atoms with Gasteiger partial charge in [-0.05, 0) is 67.2 Å². The number of sulfone groups is 1. The van der Waals surface area contributed by atoms with Crippen LogP contribution in [0.4, 0.5) is 0 Å². The molecular weight excluding hydrogens is 372 g/mol. The van der Waals surface area contributed by atoms with E-state index in [-0.39, 0.29) is 5.91 Å². The number of amides is 1. The molecule has 0 spiro atoms. The first-order valence-corrected chi connectivity index (χ1v) is 11.8. The predicted molar refractivity (Wildman–Crippen MR) is 110 cm³/mol. The van der Waals surface area contributed by atoms with Crippen LogP contribution in [-0.4, -0.2) is 63.1 Å². The zero-order chi connectivity index (χ0) is 19.7. The topological polar surface area (TPSA) is 57.7 Å². The highest BCUT2D eigenvalue weighted by Gasteiger charge is 2.25. The number of rotatable bonds is 5. The number of carbonyl (C=O) groups is 1. The van der Waals surface area contributed by atoms with Crippen molar-refractivity contribution in [3.63, 3.8) is 0 Å². The molecule has 2 aliphatic rings. The van der Waals surface area contributed by atoms with Gasteiger partial charge < -0.3 is 9.80 Å². The highest BCUT2D eigenvalue weighted by atomic mass is 32.2. The molecule has 0 radical (unpaired) electrons. The van der Waals surface area contributed by atoms with Gasteiger partial charge in [0.25, 0.3) is 5.91 Å². The van der Waals surface area contributed by atoms with Gasteiger partial charge in [-0.1, -0.05) is 24.3 Å². The largest absolute Gasteiger partial charge is 0.337 e. The van der Waals surface area contributed by atoms with Crippen molar-refractivity contribution in [3.8, 4) is 11.1 Å². The zero-order valence-electron chi connectivity index (χ0n) is 16.2. The molecule has 148 valence electrons. The zero-order valence-corrected chi connectivity index (χ0v) is 17.0. The van der Waals surface area contributed by atoms with E-state index in [0.29, 0.717) is 4.90 Å². The molecule has 0 aliphatic carbocycles. The highest BCUT2D eigenvalue weighted by molar-refractivity contribution is 7.90. The third kappa shape index (κ3) is 3.98. The van der Waals surface area contributed by atoms with Crippen LogP contribution in [0.5, 0.6) is 0 Å². The molecule has 2 heterocycles. The maximum atomic E-state index is 12.9. The van der Waals surface area contributed by atoms with E-state index in [4.69, 9.17) is 0 Å². The fourth-order valence-corrected chi connectivity index (χ4v) is 4.72. The van der Waals surface area contributed by atoms with Crippen LogP contribution >= 0.6 is 0 Å². The van der Waals surface area contributed by atoms with Crippen molar-refractivity contribution in [2.75, 3.05) is 39.0 Å². The third-order valence-corrected chi connectivity index (χ3v) is 6.90. The lowest BCUT2D eigenvalue weighted by Crippen LogP contribution is -2.42. The first-order chi connectivity index (χ1) is 13.4. The molecule has 0 atom stereocenters. The van der Waals surface area contributed by atoms with Crippen LogP contribution in [0.25, 0.3) is 11.1 Å². The Balaban J connectivity index is 1.49. The van der Waals surface area contributed by atoms with E-state index in [1.54, 1.807) is 12.1 Å². The molecule has 2 aromatic rings. The summed E-state index contributed by atoms with van der Waals surface area (Å²) < 4.78 is 23.3. The van der Waals surface area contributed by atoms with Crippen molar-refractivity contribution < 1.29 is 13.2 Å². The molecule has 4 rings (SSSR count). The van der Waals surface area contributed by atoms with Crippen molar-refractivity contribution in [2.24, 2.45) is 0 Å². The van der Waals surface area contributed by atoms with E-state index < -0.39 is 9.84 Å². The summed E-state index contributed by atoms with van der Waals surface area (Å²) in [5.41, 5.74) is 3.84. The molecule has 2 aromatic carbocycles. The smallest absolute Gasteiger partial charge is 0.254 e. The molecule has 2 aliphatic heterocycles. The van der Waals surface area contributed by atoms with Gasteiger partial charge in [0, 0.05) is 31.5 Å². The molecular formula is C22H26N2O3S. The summed E-state index contributed by atoms with van der Waals surface area (Å²) in [5.74, 6) is 0.124. The first-order valence-electron chi connectivity index (χ1n) is 9.87. The number of fused-ring (bicyclic) bond motifs is 1. The summed E-state index contributed by atoms with van der Waals surface area (Å²) in [4.78, 5) is 17.6. The van der Waals surface area contributed by atoms with Crippen LogP contribution in [0.3, 0.4) is 0 Å². The van der Waals surface area contributed by atoms with Gasteiger partial charge in [0.05, 0.1) is 4.90 Å². The Hall–Kier alpha value is -2.18. The van der Waals surface area contributed by atoms with Gasteiger partial charge in [0.1, 0.15) is 0 Å². The second-order valence-electron chi connectivity index (χ2n) is 7.76. The second-order valence-corrected chi connectivity index (χ2v) is 9.78. The van der Waals surface area contributed by atoms with Crippen LogP contribution < -0.4 is 0 Å².